The van der Waals surface area contributed by atoms with Crippen molar-refractivity contribution < 1.29 is 0 Å². The van der Waals surface area contributed by atoms with E-state index < -0.39 is 0 Å². The number of hydrogen-bond acceptors (Lipinski definition) is 4. The number of benzene rings is 2. The summed E-state index contributed by atoms with van der Waals surface area (Å²) in [6, 6.07) is 16.2. The van der Waals surface area contributed by atoms with Crippen LogP contribution in [0, 0.1) is 6.92 Å². The first-order chi connectivity index (χ1) is 11.3. The molecule has 0 aliphatic carbocycles. The zero-order chi connectivity index (χ0) is 15.4. The molecule has 0 aliphatic heterocycles. The number of thiophene rings is 1. The highest BCUT2D eigenvalue weighted by atomic mass is 32.1. The van der Waals surface area contributed by atoms with Gasteiger partial charge in [0.2, 0.25) is 0 Å². The van der Waals surface area contributed by atoms with E-state index in [-0.39, 0.29) is 0 Å². The molecule has 5 rings (SSSR count). The van der Waals surface area contributed by atoms with Gasteiger partial charge in [0.15, 0.2) is 5.82 Å². The van der Waals surface area contributed by atoms with E-state index in [4.69, 9.17) is 4.98 Å². The molecule has 5 aromatic rings. The number of rotatable bonds is 1. The molecule has 0 radical (unpaired) electrons. The van der Waals surface area contributed by atoms with Gasteiger partial charge in [-0.3, -0.25) is 0 Å². The van der Waals surface area contributed by atoms with Crippen LogP contribution in [0.2, 0.25) is 0 Å². The fraction of sp³-hybridized carbons (Fsp3) is 0.0556. The molecule has 110 valence electrons. The van der Waals surface area contributed by atoms with Gasteiger partial charge >= 0.3 is 0 Å². The normalized spacial score (nSPS) is 11.7. The molecule has 0 atom stereocenters. The summed E-state index contributed by atoms with van der Waals surface area (Å²) in [5, 5.41) is 0. The Labute approximate surface area is 135 Å². The van der Waals surface area contributed by atoms with E-state index in [0.717, 1.165) is 43.8 Å². The molecule has 0 fully saturated rings. The van der Waals surface area contributed by atoms with Crippen LogP contribution in [-0.2, 0) is 0 Å². The third-order valence-corrected chi connectivity index (χ3v) is 4.92. The van der Waals surface area contributed by atoms with Gasteiger partial charge in [-0.15, -0.1) is 11.3 Å². The molecule has 0 saturated carbocycles. The largest absolute Gasteiger partial charge is 0.352 e. The van der Waals surface area contributed by atoms with Gasteiger partial charge in [0.25, 0.3) is 0 Å². The number of aromatic nitrogens is 4. The van der Waals surface area contributed by atoms with Gasteiger partial charge in [-0.2, -0.15) is 0 Å². The average molecular weight is 316 g/mol. The Morgan fingerprint density at radius 2 is 1.61 bits per heavy atom. The van der Waals surface area contributed by atoms with Crippen LogP contribution in [0.5, 0.6) is 0 Å². The van der Waals surface area contributed by atoms with Gasteiger partial charge in [-0.25, -0.2) is 15.0 Å². The molecule has 0 unspecified atom stereocenters. The molecule has 4 nitrogen and oxygen atoms in total. The van der Waals surface area contributed by atoms with Crippen LogP contribution in [0.3, 0.4) is 0 Å². The zero-order valence-corrected chi connectivity index (χ0v) is 13.2. The molecule has 3 heterocycles. The molecule has 5 heteroatoms. The first kappa shape index (κ1) is 12.7. The summed E-state index contributed by atoms with van der Waals surface area (Å²) in [5.41, 5.74) is 5.64. The monoisotopic (exact) mass is 316 g/mol. The smallest absolute Gasteiger partial charge is 0.170 e. The SMILES string of the molecule is Cc1ccc(-c2nc3cc4nc5ccccc5[nH]c4cc3n2)s1. The van der Waals surface area contributed by atoms with Crippen LogP contribution in [-0.4, -0.2) is 19.9 Å². The summed E-state index contributed by atoms with van der Waals surface area (Å²) in [6.07, 6.45) is 0. The van der Waals surface area contributed by atoms with E-state index in [1.165, 1.54) is 4.88 Å². The maximum Gasteiger partial charge on any atom is 0.170 e. The van der Waals surface area contributed by atoms with Crippen molar-refractivity contribution in [3.05, 3.63) is 53.4 Å². The summed E-state index contributed by atoms with van der Waals surface area (Å²) in [7, 11) is 0. The lowest BCUT2D eigenvalue weighted by atomic mass is 10.2. The number of H-pyrrole nitrogens is 1. The Hall–Kier alpha value is -2.79. The highest BCUT2D eigenvalue weighted by Gasteiger charge is 2.11. The molecule has 0 amide bonds. The Balaban J connectivity index is 1.78. The molecule has 0 saturated heterocycles. The maximum atomic E-state index is 4.72. The molecular weight excluding hydrogens is 304 g/mol. The molecule has 3 aromatic heterocycles. The standard InChI is InChI=1S/C18H12N4S/c1-10-6-7-17(23-10)18-21-15-8-13-14(9-16(15)22-18)20-12-5-3-2-4-11(12)19-13/h2-9,19H,1H3. The maximum absolute atomic E-state index is 4.72. The Bertz CT molecular complexity index is 1110. The molecular formula is C18H12N4S. The van der Waals surface area contributed by atoms with E-state index in [0.29, 0.717) is 0 Å². The average Bonchev–Trinajstić information content (AvgIpc) is 3.16. The highest BCUT2D eigenvalue weighted by Crippen LogP contribution is 2.28. The van der Waals surface area contributed by atoms with Gasteiger partial charge in [-0.05, 0) is 43.3 Å². The predicted octanol–water partition coefficient (Wildman–Crippen LogP) is 4.70. The van der Waals surface area contributed by atoms with Gasteiger partial charge in [-0.1, -0.05) is 12.1 Å². The van der Waals surface area contributed by atoms with Crippen LogP contribution in [0.25, 0.3) is 43.8 Å². The van der Waals surface area contributed by atoms with Gasteiger partial charge in [0, 0.05) is 4.88 Å². The predicted molar refractivity (Wildman–Crippen MR) is 94.7 cm³/mol. The summed E-state index contributed by atoms with van der Waals surface area (Å²) < 4.78 is 0. The molecule has 1 N–H and O–H groups in total. The van der Waals surface area contributed by atoms with Crippen molar-refractivity contribution in [3.8, 4) is 10.7 Å². The fourth-order valence-electron chi connectivity index (χ4n) is 2.81. The third-order valence-electron chi connectivity index (χ3n) is 3.92. The van der Waals surface area contributed by atoms with Crippen LogP contribution < -0.4 is 0 Å². The van der Waals surface area contributed by atoms with Crippen molar-refractivity contribution in [2.75, 3.05) is 0 Å². The third kappa shape index (κ3) is 2.01. The van der Waals surface area contributed by atoms with Crippen LogP contribution in [0.4, 0.5) is 0 Å². The Morgan fingerprint density at radius 3 is 2.43 bits per heavy atom. The van der Waals surface area contributed by atoms with Gasteiger partial charge in [0.05, 0.1) is 38.0 Å². The number of aryl methyl sites for hydroxylation is 1. The van der Waals surface area contributed by atoms with Gasteiger partial charge in [0.1, 0.15) is 0 Å². The molecule has 2 aromatic carbocycles. The van der Waals surface area contributed by atoms with Crippen molar-refractivity contribution >= 4 is 44.4 Å². The number of nitrogens with zero attached hydrogens (tertiary/aromatic N) is 3. The topological polar surface area (TPSA) is 54.5 Å². The summed E-state index contributed by atoms with van der Waals surface area (Å²) in [4.78, 5) is 19.9. The minimum Gasteiger partial charge on any atom is -0.352 e. The number of para-hydroxylation sites is 2. The number of imidazole rings is 1. The van der Waals surface area contributed by atoms with Crippen molar-refractivity contribution in [1.82, 2.24) is 19.9 Å². The number of aromatic amines is 1. The van der Waals surface area contributed by atoms with Gasteiger partial charge < -0.3 is 4.98 Å². The summed E-state index contributed by atoms with van der Waals surface area (Å²) in [6.45, 7) is 2.09. The van der Waals surface area contributed by atoms with Crippen molar-refractivity contribution in [1.29, 1.82) is 0 Å². The van der Waals surface area contributed by atoms with E-state index in [2.05, 4.69) is 34.0 Å². The van der Waals surface area contributed by atoms with Crippen LogP contribution >= 0.6 is 11.3 Å². The van der Waals surface area contributed by atoms with Crippen molar-refractivity contribution in [2.24, 2.45) is 0 Å². The first-order valence-corrected chi connectivity index (χ1v) is 8.21. The lowest BCUT2D eigenvalue weighted by molar-refractivity contribution is 1.36. The van der Waals surface area contributed by atoms with Crippen LogP contribution in [0.1, 0.15) is 4.88 Å². The molecule has 0 bridgehead atoms. The van der Waals surface area contributed by atoms with Crippen molar-refractivity contribution in [2.45, 2.75) is 6.92 Å². The van der Waals surface area contributed by atoms with Crippen LogP contribution in [0.15, 0.2) is 48.5 Å². The second-order valence-corrected chi connectivity index (χ2v) is 6.86. The second-order valence-electron chi connectivity index (χ2n) is 5.57. The first-order valence-electron chi connectivity index (χ1n) is 7.39. The van der Waals surface area contributed by atoms with E-state index in [9.17, 15) is 0 Å². The Kier molecular flexibility index (Phi) is 2.55. The van der Waals surface area contributed by atoms with Crippen molar-refractivity contribution in [3.63, 3.8) is 0 Å². The minimum atomic E-state index is 0.790. The fourth-order valence-corrected chi connectivity index (χ4v) is 3.61. The van der Waals surface area contributed by atoms with E-state index >= 15 is 0 Å². The van der Waals surface area contributed by atoms with E-state index in [1.54, 1.807) is 11.3 Å². The summed E-state index contributed by atoms with van der Waals surface area (Å²) >= 11 is 1.71. The Morgan fingerprint density at radius 1 is 0.783 bits per heavy atom. The molecule has 23 heavy (non-hydrogen) atoms. The number of fused-ring (bicyclic) bond motifs is 3. The lowest BCUT2D eigenvalue weighted by Crippen LogP contribution is -1.87. The number of nitrogens with one attached hydrogen (secondary N) is 1. The number of hydrogen-bond donors (Lipinski definition) is 1. The lowest BCUT2D eigenvalue weighted by Gasteiger charge is -2.01. The minimum absolute atomic E-state index is 0.790. The highest BCUT2D eigenvalue weighted by molar-refractivity contribution is 7.15. The van der Waals surface area contributed by atoms with E-state index in [1.807, 2.05) is 36.4 Å². The molecule has 0 spiro atoms. The zero-order valence-electron chi connectivity index (χ0n) is 12.4. The summed E-state index contributed by atoms with van der Waals surface area (Å²) in [5.74, 6) is 0.790. The quantitative estimate of drug-likeness (QED) is 0.456. The second kappa shape index (κ2) is 4.60. The molecule has 0 aliphatic rings.